The van der Waals surface area contributed by atoms with E-state index in [-0.39, 0.29) is 17.0 Å². The van der Waals surface area contributed by atoms with Crippen molar-refractivity contribution in [2.24, 2.45) is 5.41 Å². The number of alkyl halides is 1. The Bertz CT molecular complexity index is 848. The number of methoxy groups -OCH3 is 2. The van der Waals surface area contributed by atoms with Crippen LogP contribution in [0.3, 0.4) is 0 Å². The highest BCUT2D eigenvalue weighted by Crippen LogP contribution is 2.51. The van der Waals surface area contributed by atoms with Crippen molar-refractivity contribution in [3.8, 4) is 11.5 Å². The summed E-state index contributed by atoms with van der Waals surface area (Å²) in [7, 11) is 3.16. The average molecular weight is 401 g/mol. The minimum Gasteiger partial charge on any atom is -0.497 e. The molecule has 1 aliphatic carbocycles. The molecular formula is C23H25ClO4. The highest BCUT2D eigenvalue weighted by Gasteiger charge is 2.57. The summed E-state index contributed by atoms with van der Waals surface area (Å²) in [6.07, 6.45) is 0.592. The molecule has 1 aliphatic rings. The molecule has 0 unspecified atom stereocenters. The molecular weight excluding hydrogens is 376 g/mol. The van der Waals surface area contributed by atoms with Gasteiger partial charge in [0.2, 0.25) is 0 Å². The first-order valence-electron chi connectivity index (χ1n) is 9.24. The van der Waals surface area contributed by atoms with Crippen LogP contribution in [-0.4, -0.2) is 25.8 Å². The number of carbonyl (C=O) groups excluding carboxylic acids is 2. The van der Waals surface area contributed by atoms with Crippen molar-refractivity contribution in [2.75, 3.05) is 14.2 Å². The lowest BCUT2D eigenvalue weighted by atomic mass is 9.58. The summed E-state index contributed by atoms with van der Waals surface area (Å²) in [5.41, 5.74) is -0.479. The van der Waals surface area contributed by atoms with Crippen LogP contribution in [0.1, 0.15) is 43.2 Å². The Morgan fingerprint density at radius 1 is 0.821 bits per heavy atom. The number of hydrogen-bond acceptors (Lipinski definition) is 4. The smallest absolute Gasteiger partial charge is 0.153 e. The maximum atomic E-state index is 13.5. The number of halogens is 1. The number of Topliss-reactive ketones (excluding diaryl/α,β-unsaturated/α-hetero) is 2. The van der Waals surface area contributed by atoms with Gasteiger partial charge in [0.25, 0.3) is 0 Å². The minimum atomic E-state index is -1.42. The molecule has 1 fully saturated rings. The molecule has 2 aromatic carbocycles. The summed E-state index contributed by atoms with van der Waals surface area (Å²) in [5.74, 6) is 1.06. The molecule has 148 valence electrons. The largest absolute Gasteiger partial charge is 0.497 e. The SMILES string of the molecule is COc1ccc([C@@H](Cl)C2(c3ccc(OC)cc3)C(=O)CC(C)(C)CC2=O)cc1. The molecule has 0 spiro atoms. The predicted octanol–water partition coefficient (Wildman–Crippen LogP) is 4.88. The van der Waals surface area contributed by atoms with E-state index < -0.39 is 10.8 Å². The van der Waals surface area contributed by atoms with Crippen molar-refractivity contribution in [1.29, 1.82) is 0 Å². The van der Waals surface area contributed by atoms with Crippen LogP contribution in [0.25, 0.3) is 0 Å². The Morgan fingerprint density at radius 3 is 1.68 bits per heavy atom. The Balaban J connectivity index is 2.15. The van der Waals surface area contributed by atoms with E-state index in [1.807, 2.05) is 26.0 Å². The van der Waals surface area contributed by atoms with Crippen LogP contribution in [-0.2, 0) is 15.0 Å². The van der Waals surface area contributed by atoms with E-state index in [0.29, 0.717) is 35.5 Å². The maximum absolute atomic E-state index is 13.5. The van der Waals surface area contributed by atoms with E-state index in [1.165, 1.54) is 0 Å². The number of ketones is 2. The zero-order valence-electron chi connectivity index (χ0n) is 16.6. The van der Waals surface area contributed by atoms with Crippen LogP contribution in [0.15, 0.2) is 48.5 Å². The fourth-order valence-corrected chi connectivity index (χ4v) is 4.51. The van der Waals surface area contributed by atoms with Crippen molar-refractivity contribution in [3.05, 3.63) is 59.7 Å². The van der Waals surface area contributed by atoms with Gasteiger partial charge >= 0.3 is 0 Å². The van der Waals surface area contributed by atoms with Crippen molar-refractivity contribution >= 4 is 23.2 Å². The standard InChI is InChI=1S/C23H25ClO4/c1-22(2)13-19(25)23(20(26)14-22,16-7-11-18(28-4)12-8-16)21(24)15-5-9-17(27-3)10-6-15/h5-12,21H,13-14H2,1-4H3/t21-/m1/s1. The van der Waals surface area contributed by atoms with E-state index in [4.69, 9.17) is 21.1 Å². The number of carbonyl (C=O) groups is 2. The van der Waals surface area contributed by atoms with Crippen LogP contribution in [0, 0.1) is 5.41 Å². The van der Waals surface area contributed by atoms with Gasteiger partial charge in [0.05, 0.1) is 19.6 Å². The topological polar surface area (TPSA) is 52.6 Å². The molecule has 1 atom stereocenters. The summed E-state index contributed by atoms with van der Waals surface area (Å²) in [5, 5.41) is -0.817. The van der Waals surface area contributed by atoms with Crippen molar-refractivity contribution < 1.29 is 19.1 Å². The first kappa shape index (κ1) is 20.4. The first-order chi connectivity index (χ1) is 13.2. The van der Waals surface area contributed by atoms with Crippen LogP contribution >= 0.6 is 11.6 Å². The van der Waals surface area contributed by atoms with Crippen LogP contribution < -0.4 is 9.47 Å². The number of ether oxygens (including phenoxy) is 2. The molecule has 0 aliphatic heterocycles. The molecule has 0 aromatic heterocycles. The molecule has 0 radical (unpaired) electrons. The van der Waals surface area contributed by atoms with Gasteiger partial charge in [-0.3, -0.25) is 9.59 Å². The summed E-state index contributed by atoms with van der Waals surface area (Å²) in [6.45, 7) is 3.88. The summed E-state index contributed by atoms with van der Waals surface area (Å²) >= 11 is 6.91. The number of benzene rings is 2. The van der Waals surface area contributed by atoms with Gasteiger partial charge in [-0.1, -0.05) is 38.1 Å². The molecule has 0 saturated heterocycles. The lowest BCUT2D eigenvalue weighted by Crippen LogP contribution is -2.53. The number of hydrogen-bond donors (Lipinski definition) is 0. The maximum Gasteiger partial charge on any atom is 0.153 e. The Kier molecular flexibility index (Phi) is 5.53. The van der Waals surface area contributed by atoms with Gasteiger partial charge in [0.1, 0.15) is 16.9 Å². The molecule has 3 rings (SSSR count). The zero-order valence-corrected chi connectivity index (χ0v) is 17.4. The third-order valence-electron chi connectivity index (χ3n) is 5.49. The molecule has 0 bridgehead atoms. The Hall–Kier alpha value is -2.33. The third-order valence-corrected chi connectivity index (χ3v) is 6.07. The fourth-order valence-electron chi connectivity index (χ4n) is 3.99. The fraction of sp³-hybridized carbons (Fsp3) is 0.391. The molecule has 1 saturated carbocycles. The molecule has 0 heterocycles. The zero-order chi connectivity index (χ0) is 20.5. The van der Waals surface area contributed by atoms with Crippen molar-refractivity contribution in [1.82, 2.24) is 0 Å². The number of rotatable bonds is 5. The monoisotopic (exact) mass is 400 g/mol. The van der Waals surface area contributed by atoms with Crippen molar-refractivity contribution in [2.45, 2.75) is 37.5 Å². The molecule has 0 N–H and O–H groups in total. The van der Waals surface area contributed by atoms with E-state index in [0.717, 1.165) is 0 Å². The Labute approximate surface area is 170 Å². The van der Waals surface area contributed by atoms with Gasteiger partial charge in [-0.25, -0.2) is 0 Å². The van der Waals surface area contributed by atoms with Gasteiger partial charge in [-0.15, -0.1) is 11.6 Å². The first-order valence-corrected chi connectivity index (χ1v) is 9.67. The highest BCUT2D eigenvalue weighted by atomic mass is 35.5. The molecule has 5 heteroatoms. The van der Waals surface area contributed by atoms with Gasteiger partial charge in [-0.05, 0) is 40.8 Å². The van der Waals surface area contributed by atoms with Gasteiger partial charge in [0, 0.05) is 12.8 Å². The van der Waals surface area contributed by atoms with Gasteiger partial charge < -0.3 is 9.47 Å². The quantitative estimate of drug-likeness (QED) is 0.530. The van der Waals surface area contributed by atoms with Gasteiger partial charge in [0.15, 0.2) is 11.6 Å². The normalized spacial score (nSPS) is 19.2. The second-order valence-electron chi connectivity index (χ2n) is 8.04. The van der Waals surface area contributed by atoms with E-state index in [2.05, 4.69) is 0 Å². The van der Waals surface area contributed by atoms with E-state index >= 15 is 0 Å². The molecule has 2 aromatic rings. The summed E-state index contributed by atoms with van der Waals surface area (Å²) < 4.78 is 10.4. The summed E-state index contributed by atoms with van der Waals surface area (Å²) in [6, 6.07) is 14.2. The van der Waals surface area contributed by atoms with Crippen molar-refractivity contribution in [3.63, 3.8) is 0 Å². The van der Waals surface area contributed by atoms with E-state index in [1.54, 1.807) is 50.6 Å². The molecule has 4 nitrogen and oxygen atoms in total. The summed E-state index contributed by atoms with van der Waals surface area (Å²) in [4.78, 5) is 26.9. The molecule has 28 heavy (non-hydrogen) atoms. The highest BCUT2D eigenvalue weighted by molar-refractivity contribution is 6.30. The Morgan fingerprint density at radius 2 is 1.25 bits per heavy atom. The van der Waals surface area contributed by atoms with E-state index in [9.17, 15) is 9.59 Å². The third kappa shape index (κ3) is 3.42. The van der Waals surface area contributed by atoms with Crippen LogP contribution in [0.4, 0.5) is 0 Å². The lowest BCUT2D eigenvalue weighted by molar-refractivity contribution is -0.142. The van der Waals surface area contributed by atoms with Crippen LogP contribution in [0.5, 0.6) is 11.5 Å². The second kappa shape index (κ2) is 7.59. The molecule has 0 amide bonds. The van der Waals surface area contributed by atoms with Crippen LogP contribution in [0.2, 0.25) is 0 Å². The van der Waals surface area contributed by atoms with Gasteiger partial charge in [-0.2, -0.15) is 0 Å². The minimum absolute atomic E-state index is 0.144. The second-order valence-corrected chi connectivity index (χ2v) is 8.47. The predicted molar refractivity (Wildman–Crippen MR) is 109 cm³/mol. The average Bonchev–Trinajstić information content (AvgIpc) is 2.67. The lowest BCUT2D eigenvalue weighted by Gasteiger charge is -2.43.